The highest BCUT2D eigenvalue weighted by molar-refractivity contribution is 7.92. The van der Waals surface area contributed by atoms with Gasteiger partial charge in [0, 0.05) is 18.3 Å². The van der Waals surface area contributed by atoms with E-state index in [1.54, 1.807) is 35.1 Å². The SMILES string of the molecule is C=C(F)C(=O)NCc1cnn(Cc2cc(OC)c3c(NS(=O)(=O)c4cc(CC)ccc4OCc4ncn[nH]4)noc3c2)c1. The van der Waals surface area contributed by atoms with E-state index in [0.29, 0.717) is 34.5 Å². The van der Waals surface area contributed by atoms with Crippen molar-refractivity contribution >= 4 is 32.7 Å². The number of amides is 1. The van der Waals surface area contributed by atoms with Gasteiger partial charge in [-0.3, -0.25) is 19.3 Å². The van der Waals surface area contributed by atoms with Gasteiger partial charge in [0.2, 0.25) is 0 Å². The van der Waals surface area contributed by atoms with Crippen molar-refractivity contribution in [3.8, 4) is 11.5 Å². The van der Waals surface area contributed by atoms with Gasteiger partial charge < -0.3 is 19.3 Å². The molecule has 5 aromatic rings. The fraction of sp³-hybridized carbons (Fsp3) is 0.222. The smallest absolute Gasteiger partial charge is 0.279 e. The summed E-state index contributed by atoms with van der Waals surface area (Å²) in [5, 5.41) is 17.4. The second-order valence-electron chi connectivity index (χ2n) is 9.30. The maximum Gasteiger partial charge on any atom is 0.279 e. The summed E-state index contributed by atoms with van der Waals surface area (Å²) in [6.45, 7) is 5.21. The number of aromatic amines is 1. The molecule has 0 aliphatic carbocycles. The number of aryl methyl sites for hydroxylation is 1. The molecule has 1 amide bonds. The number of benzene rings is 2. The number of hydrogen-bond acceptors (Lipinski definition) is 10. The second-order valence-corrected chi connectivity index (χ2v) is 10.9. The third-order valence-corrected chi connectivity index (χ3v) is 7.67. The number of aromatic nitrogens is 6. The van der Waals surface area contributed by atoms with Crippen molar-refractivity contribution in [1.82, 2.24) is 35.4 Å². The molecule has 2 aromatic carbocycles. The van der Waals surface area contributed by atoms with Crippen LogP contribution in [0.2, 0.25) is 0 Å². The molecule has 0 bridgehead atoms. The van der Waals surface area contributed by atoms with E-state index in [1.165, 1.54) is 25.7 Å². The Hall–Kier alpha value is -5.25. The van der Waals surface area contributed by atoms with Crippen LogP contribution in [0, 0.1) is 0 Å². The molecular formula is C27H27FN8O6S. The van der Waals surface area contributed by atoms with Gasteiger partial charge in [0.15, 0.2) is 23.1 Å². The van der Waals surface area contributed by atoms with E-state index in [9.17, 15) is 17.6 Å². The number of fused-ring (bicyclic) bond motifs is 1. The number of anilines is 1. The van der Waals surface area contributed by atoms with Crippen LogP contribution in [0.15, 0.2) is 70.9 Å². The Balaban J connectivity index is 1.38. The van der Waals surface area contributed by atoms with Crippen LogP contribution in [0.5, 0.6) is 11.5 Å². The molecule has 0 aliphatic rings. The number of sulfonamides is 1. The minimum atomic E-state index is -4.20. The zero-order chi connectivity index (χ0) is 30.6. The van der Waals surface area contributed by atoms with E-state index in [1.807, 2.05) is 6.92 Å². The van der Waals surface area contributed by atoms with Crippen molar-refractivity contribution < 1.29 is 31.6 Å². The molecule has 0 aliphatic heterocycles. The van der Waals surface area contributed by atoms with Gasteiger partial charge in [0.05, 0.1) is 19.9 Å². The number of methoxy groups -OCH3 is 1. The van der Waals surface area contributed by atoms with Gasteiger partial charge in [-0.1, -0.05) is 24.7 Å². The van der Waals surface area contributed by atoms with Crippen molar-refractivity contribution in [2.24, 2.45) is 0 Å². The number of rotatable bonds is 13. The van der Waals surface area contributed by atoms with Gasteiger partial charge in [0.25, 0.3) is 15.9 Å². The summed E-state index contributed by atoms with van der Waals surface area (Å²) in [6.07, 6.45) is 5.16. The molecule has 3 heterocycles. The Morgan fingerprint density at radius 1 is 1.19 bits per heavy atom. The average Bonchev–Trinajstić information content (AvgIpc) is 3.76. The molecule has 3 N–H and O–H groups in total. The lowest BCUT2D eigenvalue weighted by Gasteiger charge is -2.13. The Morgan fingerprint density at radius 3 is 2.74 bits per heavy atom. The molecule has 0 fully saturated rings. The van der Waals surface area contributed by atoms with E-state index in [0.717, 1.165) is 5.56 Å². The first kappa shape index (κ1) is 29.2. The lowest BCUT2D eigenvalue weighted by molar-refractivity contribution is -0.119. The largest absolute Gasteiger partial charge is 0.496 e. The van der Waals surface area contributed by atoms with E-state index in [2.05, 4.69) is 42.1 Å². The van der Waals surface area contributed by atoms with Crippen LogP contribution in [-0.2, 0) is 40.9 Å². The molecule has 0 saturated heterocycles. The second kappa shape index (κ2) is 12.3. The Morgan fingerprint density at radius 2 is 2.02 bits per heavy atom. The molecule has 224 valence electrons. The standard InChI is InChI=1S/C27H27FN8O6S/c1-4-17-5-6-20(41-14-24-30-15-31-33-24)23(9-17)43(38,39)35-26-25-21(40-3)7-18(8-22(25)42-34-26)12-36-13-19(11-32-36)10-29-27(37)16(2)28/h5-9,11,13,15H,2,4,10,12,14H2,1,3H3,(H,29,37)(H,34,35)(H,30,31,33). The van der Waals surface area contributed by atoms with E-state index in [-0.39, 0.29) is 41.7 Å². The highest BCUT2D eigenvalue weighted by Gasteiger charge is 2.25. The zero-order valence-corrected chi connectivity index (χ0v) is 23.9. The molecule has 43 heavy (non-hydrogen) atoms. The third-order valence-electron chi connectivity index (χ3n) is 6.31. The van der Waals surface area contributed by atoms with Crippen LogP contribution in [0.25, 0.3) is 11.0 Å². The number of nitrogens with zero attached hydrogens (tertiary/aromatic N) is 5. The zero-order valence-electron chi connectivity index (χ0n) is 23.1. The van der Waals surface area contributed by atoms with Gasteiger partial charge in [-0.25, -0.2) is 17.8 Å². The Kier molecular flexibility index (Phi) is 8.38. The fourth-order valence-electron chi connectivity index (χ4n) is 4.19. The first-order chi connectivity index (χ1) is 20.7. The summed E-state index contributed by atoms with van der Waals surface area (Å²) in [5.41, 5.74) is 2.42. The molecule has 14 nitrogen and oxygen atoms in total. The summed E-state index contributed by atoms with van der Waals surface area (Å²) in [5.74, 6) is -1.17. The molecule has 0 saturated carbocycles. The van der Waals surface area contributed by atoms with E-state index in [4.69, 9.17) is 14.0 Å². The van der Waals surface area contributed by atoms with Crippen LogP contribution in [-0.4, -0.2) is 51.6 Å². The van der Waals surface area contributed by atoms with Crippen LogP contribution >= 0.6 is 0 Å². The molecule has 3 aromatic heterocycles. The minimum Gasteiger partial charge on any atom is -0.496 e. The number of ether oxygens (including phenoxy) is 2. The molecular weight excluding hydrogens is 583 g/mol. The van der Waals surface area contributed by atoms with E-state index < -0.39 is 21.8 Å². The maximum absolute atomic E-state index is 13.6. The van der Waals surface area contributed by atoms with Gasteiger partial charge in [0.1, 0.15) is 34.7 Å². The van der Waals surface area contributed by atoms with Crippen molar-refractivity contribution in [3.63, 3.8) is 0 Å². The maximum atomic E-state index is 13.6. The number of carbonyl (C=O) groups excluding carboxylic acids is 1. The summed E-state index contributed by atoms with van der Waals surface area (Å²) >= 11 is 0. The number of nitrogens with one attached hydrogen (secondary N) is 3. The van der Waals surface area contributed by atoms with Gasteiger partial charge >= 0.3 is 0 Å². The van der Waals surface area contributed by atoms with Crippen molar-refractivity contribution in [1.29, 1.82) is 0 Å². The van der Waals surface area contributed by atoms with Crippen molar-refractivity contribution in [2.45, 2.75) is 37.9 Å². The summed E-state index contributed by atoms with van der Waals surface area (Å²) in [4.78, 5) is 15.3. The Labute approximate surface area is 244 Å². The molecule has 0 spiro atoms. The first-order valence-electron chi connectivity index (χ1n) is 12.9. The average molecular weight is 611 g/mol. The van der Waals surface area contributed by atoms with Crippen LogP contribution in [0.3, 0.4) is 0 Å². The molecule has 0 atom stereocenters. The predicted molar refractivity (Wildman–Crippen MR) is 151 cm³/mol. The minimum absolute atomic E-state index is 0.0166. The quantitative estimate of drug-likeness (QED) is 0.168. The van der Waals surface area contributed by atoms with Crippen molar-refractivity contribution in [2.75, 3.05) is 11.8 Å². The monoisotopic (exact) mass is 610 g/mol. The molecule has 16 heteroatoms. The van der Waals surface area contributed by atoms with Gasteiger partial charge in [-0.15, -0.1) is 0 Å². The Bertz CT molecular complexity index is 1880. The van der Waals surface area contributed by atoms with Gasteiger partial charge in [-0.05, 0) is 41.8 Å². The van der Waals surface area contributed by atoms with Gasteiger partial charge in [-0.2, -0.15) is 10.2 Å². The van der Waals surface area contributed by atoms with Crippen LogP contribution < -0.4 is 19.5 Å². The third kappa shape index (κ3) is 6.64. The highest BCUT2D eigenvalue weighted by Crippen LogP contribution is 2.36. The predicted octanol–water partition coefficient (Wildman–Crippen LogP) is 3.24. The van der Waals surface area contributed by atoms with Crippen molar-refractivity contribution in [3.05, 3.63) is 84.0 Å². The summed E-state index contributed by atoms with van der Waals surface area (Å²) in [7, 11) is -2.76. The van der Waals surface area contributed by atoms with E-state index >= 15 is 0 Å². The molecule has 0 radical (unpaired) electrons. The van der Waals surface area contributed by atoms with Crippen LogP contribution in [0.4, 0.5) is 10.2 Å². The fourth-order valence-corrected chi connectivity index (χ4v) is 5.39. The highest BCUT2D eigenvalue weighted by atomic mass is 32.2. The first-order valence-corrected chi connectivity index (χ1v) is 14.4. The topological polar surface area (TPSA) is 179 Å². The number of H-pyrrole nitrogens is 1. The molecule has 5 rings (SSSR count). The number of carbonyl (C=O) groups is 1. The summed E-state index contributed by atoms with van der Waals surface area (Å²) < 4.78 is 61.1. The summed E-state index contributed by atoms with van der Waals surface area (Å²) in [6, 6.07) is 8.29. The van der Waals surface area contributed by atoms with Crippen LogP contribution in [0.1, 0.15) is 29.4 Å². The lowest BCUT2D eigenvalue weighted by atomic mass is 10.1. The molecule has 0 unspecified atom stereocenters. The number of halogens is 1. The lowest BCUT2D eigenvalue weighted by Crippen LogP contribution is -2.22. The normalized spacial score (nSPS) is 11.4. The number of hydrogen-bond donors (Lipinski definition) is 3.